The van der Waals surface area contributed by atoms with Crippen molar-refractivity contribution in [2.75, 3.05) is 6.67 Å². The Kier molecular flexibility index (Phi) is 2.06. The molecule has 0 bridgehead atoms. The van der Waals surface area contributed by atoms with Crippen molar-refractivity contribution in [3.8, 4) is 0 Å². The van der Waals surface area contributed by atoms with Crippen LogP contribution < -0.4 is 5.73 Å². The Bertz CT molecular complexity index is 84.9. The van der Waals surface area contributed by atoms with Crippen LogP contribution in [-0.2, 0) is 0 Å². The lowest BCUT2D eigenvalue weighted by Crippen LogP contribution is -2.28. The molecule has 3 atom stereocenters. The van der Waals surface area contributed by atoms with Crippen LogP contribution in [0.5, 0.6) is 0 Å². The van der Waals surface area contributed by atoms with Gasteiger partial charge in [0.15, 0.2) is 0 Å². The van der Waals surface area contributed by atoms with E-state index in [9.17, 15) is 4.39 Å². The number of halogens is 1. The maximum absolute atomic E-state index is 12.1. The van der Waals surface area contributed by atoms with Gasteiger partial charge in [-0.15, -0.1) is 0 Å². The van der Waals surface area contributed by atoms with Crippen LogP contribution >= 0.6 is 0 Å². The molecule has 0 aromatic rings. The van der Waals surface area contributed by atoms with E-state index in [2.05, 4.69) is 6.92 Å². The Balaban J connectivity index is 2.44. The Hall–Kier alpha value is -0.110. The van der Waals surface area contributed by atoms with Gasteiger partial charge in [0, 0.05) is 12.0 Å². The van der Waals surface area contributed by atoms with Gasteiger partial charge in [0.05, 0.1) is 6.67 Å². The molecule has 0 saturated heterocycles. The smallest absolute Gasteiger partial charge is 0.0939 e. The molecule has 2 heteroatoms. The fraction of sp³-hybridized carbons (Fsp3) is 1.00. The van der Waals surface area contributed by atoms with Crippen LogP contribution in [0.25, 0.3) is 0 Å². The summed E-state index contributed by atoms with van der Waals surface area (Å²) in [7, 11) is 0. The molecule has 9 heavy (non-hydrogen) atoms. The van der Waals surface area contributed by atoms with Gasteiger partial charge in [0.1, 0.15) is 0 Å². The van der Waals surface area contributed by atoms with E-state index in [4.69, 9.17) is 5.73 Å². The lowest BCUT2D eigenvalue weighted by Gasteiger charge is -2.14. The van der Waals surface area contributed by atoms with Crippen molar-refractivity contribution in [3.05, 3.63) is 0 Å². The Morgan fingerprint density at radius 3 is 2.44 bits per heavy atom. The van der Waals surface area contributed by atoms with Gasteiger partial charge in [-0.25, -0.2) is 0 Å². The van der Waals surface area contributed by atoms with E-state index in [0.717, 1.165) is 12.8 Å². The van der Waals surface area contributed by atoms with Gasteiger partial charge < -0.3 is 5.73 Å². The first-order valence-corrected chi connectivity index (χ1v) is 3.57. The maximum atomic E-state index is 12.1. The fourth-order valence-corrected chi connectivity index (χ4v) is 1.57. The number of alkyl halides is 1. The van der Waals surface area contributed by atoms with Crippen LogP contribution in [0.1, 0.15) is 19.8 Å². The lowest BCUT2D eigenvalue weighted by atomic mass is 9.97. The van der Waals surface area contributed by atoms with Crippen molar-refractivity contribution in [2.24, 2.45) is 17.6 Å². The van der Waals surface area contributed by atoms with Gasteiger partial charge in [-0.2, -0.15) is 0 Å². The fourth-order valence-electron chi connectivity index (χ4n) is 1.57. The van der Waals surface area contributed by atoms with Crippen LogP contribution in [0.4, 0.5) is 4.39 Å². The van der Waals surface area contributed by atoms with Gasteiger partial charge in [0.2, 0.25) is 0 Å². The molecule has 0 aromatic heterocycles. The third-order valence-corrected chi connectivity index (χ3v) is 2.41. The van der Waals surface area contributed by atoms with Crippen molar-refractivity contribution in [3.63, 3.8) is 0 Å². The van der Waals surface area contributed by atoms with E-state index in [1.807, 2.05) is 0 Å². The van der Waals surface area contributed by atoms with Crippen molar-refractivity contribution in [1.29, 1.82) is 0 Å². The van der Waals surface area contributed by atoms with E-state index >= 15 is 0 Å². The van der Waals surface area contributed by atoms with Crippen LogP contribution in [-0.4, -0.2) is 12.7 Å². The molecule has 0 spiro atoms. The van der Waals surface area contributed by atoms with Crippen LogP contribution in [0.15, 0.2) is 0 Å². The second-order valence-corrected chi connectivity index (χ2v) is 3.04. The minimum Gasteiger partial charge on any atom is -0.327 e. The van der Waals surface area contributed by atoms with Crippen LogP contribution in [0.3, 0.4) is 0 Å². The molecule has 1 aliphatic rings. The summed E-state index contributed by atoms with van der Waals surface area (Å²) in [6.45, 7) is 1.85. The third kappa shape index (κ3) is 1.23. The second-order valence-electron chi connectivity index (χ2n) is 3.04. The van der Waals surface area contributed by atoms with Gasteiger partial charge in [-0.1, -0.05) is 6.92 Å². The number of rotatable bonds is 1. The zero-order valence-electron chi connectivity index (χ0n) is 5.81. The summed E-state index contributed by atoms with van der Waals surface area (Å²) in [6, 6.07) is 0.130. The number of hydrogen-bond acceptors (Lipinski definition) is 1. The van der Waals surface area contributed by atoms with Gasteiger partial charge in [0.25, 0.3) is 0 Å². The molecule has 1 nitrogen and oxygen atoms in total. The molecule has 1 fully saturated rings. The zero-order valence-corrected chi connectivity index (χ0v) is 5.81. The molecule has 1 saturated carbocycles. The zero-order chi connectivity index (χ0) is 6.85. The van der Waals surface area contributed by atoms with Crippen LogP contribution in [0.2, 0.25) is 0 Å². The predicted molar refractivity (Wildman–Crippen MR) is 35.8 cm³/mol. The molecule has 1 aliphatic carbocycles. The molecule has 0 amide bonds. The molecule has 0 aromatic carbocycles. The lowest BCUT2D eigenvalue weighted by molar-refractivity contribution is 0.289. The normalized spacial score (nSPS) is 43.7. The number of nitrogens with two attached hydrogens (primary N) is 1. The molecular weight excluding hydrogens is 117 g/mol. The standard InChI is InChI=1S/C7H14FN/c1-5-2-3-7(9)6(5)4-8/h5-7H,2-4,9H2,1H3. The average Bonchev–Trinajstić information content (AvgIpc) is 2.12. The van der Waals surface area contributed by atoms with Crippen molar-refractivity contribution in [1.82, 2.24) is 0 Å². The predicted octanol–water partition coefficient (Wildman–Crippen LogP) is 1.33. The minimum absolute atomic E-state index is 0.130. The average molecular weight is 131 g/mol. The Morgan fingerprint density at radius 1 is 1.56 bits per heavy atom. The van der Waals surface area contributed by atoms with Crippen LogP contribution in [0, 0.1) is 11.8 Å². The molecule has 2 N–H and O–H groups in total. The molecule has 0 radical (unpaired) electrons. The summed E-state index contributed by atoms with van der Waals surface area (Å²) < 4.78 is 12.1. The highest BCUT2D eigenvalue weighted by atomic mass is 19.1. The quantitative estimate of drug-likeness (QED) is 0.570. The highest BCUT2D eigenvalue weighted by Crippen LogP contribution is 2.30. The van der Waals surface area contributed by atoms with Crippen molar-refractivity contribution >= 4 is 0 Å². The first-order chi connectivity index (χ1) is 4.25. The van der Waals surface area contributed by atoms with Crippen molar-refractivity contribution in [2.45, 2.75) is 25.8 Å². The molecule has 54 valence electrons. The molecule has 3 unspecified atom stereocenters. The van der Waals surface area contributed by atoms with Gasteiger partial charge in [-0.3, -0.25) is 4.39 Å². The first-order valence-electron chi connectivity index (χ1n) is 3.57. The Labute approximate surface area is 55.4 Å². The minimum atomic E-state index is -0.234. The van der Waals surface area contributed by atoms with Crippen molar-refractivity contribution < 1.29 is 4.39 Å². The summed E-state index contributed by atoms with van der Waals surface area (Å²) in [4.78, 5) is 0. The number of hydrogen-bond donors (Lipinski definition) is 1. The van der Waals surface area contributed by atoms with Gasteiger partial charge in [-0.05, 0) is 18.8 Å². The summed E-state index contributed by atoms with van der Waals surface area (Å²) in [5.74, 6) is 0.648. The summed E-state index contributed by atoms with van der Waals surface area (Å²) in [6.07, 6.45) is 2.12. The molecule has 1 rings (SSSR count). The first kappa shape index (κ1) is 7.00. The van der Waals surface area contributed by atoms with E-state index in [-0.39, 0.29) is 18.6 Å². The third-order valence-electron chi connectivity index (χ3n) is 2.41. The van der Waals surface area contributed by atoms with E-state index in [1.165, 1.54) is 0 Å². The monoisotopic (exact) mass is 131 g/mol. The maximum Gasteiger partial charge on any atom is 0.0939 e. The van der Waals surface area contributed by atoms with Gasteiger partial charge >= 0.3 is 0 Å². The SMILES string of the molecule is CC1CCC(N)C1CF. The topological polar surface area (TPSA) is 26.0 Å². The molecular formula is C7H14FN. The summed E-state index contributed by atoms with van der Waals surface area (Å²) >= 11 is 0. The second kappa shape index (κ2) is 2.65. The molecule has 0 heterocycles. The molecule has 0 aliphatic heterocycles. The summed E-state index contributed by atoms with van der Waals surface area (Å²) in [5.41, 5.74) is 5.64. The summed E-state index contributed by atoms with van der Waals surface area (Å²) in [5, 5.41) is 0. The highest BCUT2D eigenvalue weighted by Gasteiger charge is 2.30. The van der Waals surface area contributed by atoms with E-state index in [1.54, 1.807) is 0 Å². The van der Waals surface area contributed by atoms with E-state index in [0.29, 0.717) is 5.92 Å². The van der Waals surface area contributed by atoms with E-state index < -0.39 is 0 Å². The highest BCUT2D eigenvalue weighted by molar-refractivity contribution is 4.84. The Morgan fingerprint density at radius 2 is 2.22 bits per heavy atom. The largest absolute Gasteiger partial charge is 0.327 e.